The summed E-state index contributed by atoms with van der Waals surface area (Å²) in [4.78, 5) is 17.0. The molecule has 0 aliphatic carbocycles. The van der Waals surface area contributed by atoms with Gasteiger partial charge in [0.1, 0.15) is 4.64 Å². The van der Waals surface area contributed by atoms with Gasteiger partial charge in [-0.2, -0.15) is 0 Å². The van der Waals surface area contributed by atoms with E-state index < -0.39 is 0 Å². The normalized spacial score (nSPS) is 10.8. The minimum Gasteiger partial charge on any atom is -0.267 e. The molecule has 1 amide bonds. The van der Waals surface area contributed by atoms with Gasteiger partial charge in [-0.3, -0.25) is 10.2 Å². The molecule has 0 radical (unpaired) electrons. The Morgan fingerprint density at radius 3 is 2.80 bits per heavy atom. The quantitative estimate of drug-likeness (QED) is 0.604. The van der Waals surface area contributed by atoms with Crippen LogP contribution in [0, 0.1) is 4.64 Å². The highest BCUT2D eigenvalue weighted by Gasteiger charge is 2.14. The van der Waals surface area contributed by atoms with Gasteiger partial charge in [0.2, 0.25) is 0 Å². The zero-order valence-corrected chi connectivity index (χ0v) is 15.8. The van der Waals surface area contributed by atoms with Gasteiger partial charge in [0.05, 0.1) is 10.6 Å². The molecule has 2 aromatic heterocycles. The van der Waals surface area contributed by atoms with Crippen LogP contribution >= 0.6 is 35.4 Å². The third-order valence-electron chi connectivity index (χ3n) is 3.74. The Hall–Kier alpha value is -1.95. The largest absolute Gasteiger partial charge is 0.271 e. The van der Waals surface area contributed by atoms with E-state index in [4.69, 9.17) is 35.4 Å². The maximum absolute atomic E-state index is 12.7. The Labute approximate surface area is 160 Å². The van der Waals surface area contributed by atoms with Crippen LogP contribution in [0.3, 0.4) is 0 Å². The van der Waals surface area contributed by atoms with Crippen LogP contribution in [-0.4, -0.2) is 15.6 Å². The summed E-state index contributed by atoms with van der Waals surface area (Å²) < 4.78 is 2.08. The Bertz CT molecular complexity index is 1020. The number of pyridine rings is 2. The zero-order chi connectivity index (χ0) is 18.0. The van der Waals surface area contributed by atoms with Crippen molar-refractivity contribution in [2.24, 2.45) is 0 Å². The van der Waals surface area contributed by atoms with Gasteiger partial charge in [0.15, 0.2) is 5.65 Å². The Balaban J connectivity index is 2.09. The lowest BCUT2D eigenvalue weighted by Gasteiger charge is -2.15. The van der Waals surface area contributed by atoms with Crippen LogP contribution in [0.15, 0.2) is 42.6 Å². The molecule has 25 heavy (non-hydrogen) atoms. The molecule has 4 nitrogen and oxygen atoms in total. The van der Waals surface area contributed by atoms with Crippen LogP contribution < -0.4 is 5.43 Å². The number of rotatable bonds is 4. The molecule has 7 heteroatoms. The van der Waals surface area contributed by atoms with E-state index >= 15 is 0 Å². The second kappa shape index (κ2) is 7.52. The van der Waals surface area contributed by atoms with Crippen LogP contribution in [0.1, 0.15) is 29.3 Å². The molecule has 3 aromatic rings. The Morgan fingerprint density at radius 1 is 1.28 bits per heavy atom. The summed E-state index contributed by atoms with van der Waals surface area (Å²) in [6, 6.07) is 10.5. The molecule has 0 saturated carbocycles. The molecular formula is C18H15Cl2N3OS. The van der Waals surface area contributed by atoms with Crippen molar-refractivity contribution in [3.63, 3.8) is 0 Å². The molecule has 0 aliphatic rings. The highest BCUT2D eigenvalue weighted by molar-refractivity contribution is 7.71. The lowest BCUT2D eigenvalue weighted by molar-refractivity contribution is 0.101. The lowest BCUT2D eigenvalue weighted by Crippen LogP contribution is -2.25. The predicted octanol–water partition coefficient (Wildman–Crippen LogP) is 5.41. The molecule has 1 aromatic carbocycles. The smallest absolute Gasteiger partial charge is 0.267 e. The van der Waals surface area contributed by atoms with E-state index in [1.54, 1.807) is 23.0 Å². The maximum Gasteiger partial charge on any atom is 0.271 e. The van der Waals surface area contributed by atoms with Crippen LogP contribution in [-0.2, 0) is 6.42 Å². The zero-order valence-electron chi connectivity index (χ0n) is 13.4. The van der Waals surface area contributed by atoms with Gasteiger partial charge in [-0.05, 0) is 48.4 Å². The van der Waals surface area contributed by atoms with E-state index in [2.05, 4.69) is 17.3 Å². The second-order valence-corrected chi connectivity index (χ2v) is 6.77. The Morgan fingerprint density at radius 2 is 2.08 bits per heavy atom. The lowest BCUT2D eigenvalue weighted by atomic mass is 10.1. The Kier molecular flexibility index (Phi) is 5.37. The molecule has 128 valence electrons. The van der Waals surface area contributed by atoms with Gasteiger partial charge < -0.3 is 0 Å². The molecule has 0 fully saturated rings. The molecule has 2 heterocycles. The fourth-order valence-electron chi connectivity index (χ4n) is 2.59. The summed E-state index contributed by atoms with van der Waals surface area (Å²) in [5.74, 6) is -0.377. The van der Waals surface area contributed by atoms with E-state index in [1.807, 2.05) is 18.2 Å². The molecule has 0 spiro atoms. The van der Waals surface area contributed by atoms with E-state index in [-0.39, 0.29) is 10.9 Å². The first kappa shape index (κ1) is 17.9. The summed E-state index contributed by atoms with van der Waals surface area (Å²) in [6.07, 6.45) is 3.43. The number of hydrogen-bond acceptors (Lipinski definition) is 3. The number of hydrogen-bond donors (Lipinski definition) is 1. The third kappa shape index (κ3) is 3.68. The number of aryl methyl sites for hydroxylation is 1. The number of benzene rings is 1. The third-order valence-corrected chi connectivity index (χ3v) is 4.74. The van der Waals surface area contributed by atoms with Crippen molar-refractivity contribution in [2.75, 3.05) is 5.43 Å². The van der Waals surface area contributed by atoms with Crippen molar-refractivity contribution < 1.29 is 4.79 Å². The van der Waals surface area contributed by atoms with Crippen molar-refractivity contribution in [2.45, 2.75) is 19.8 Å². The van der Waals surface area contributed by atoms with E-state index in [0.29, 0.717) is 20.9 Å². The van der Waals surface area contributed by atoms with E-state index in [9.17, 15) is 4.79 Å². The van der Waals surface area contributed by atoms with Crippen molar-refractivity contribution >= 4 is 52.4 Å². The summed E-state index contributed by atoms with van der Waals surface area (Å²) in [7, 11) is 0. The van der Waals surface area contributed by atoms with Crippen molar-refractivity contribution in [3.05, 3.63) is 68.4 Å². The maximum atomic E-state index is 12.7. The molecular weight excluding hydrogens is 377 g/mol. The first-order chi connectivity index (χ1) is 12.0. The van der Waals surface area contributed by atoms with Crippen molar-refractivity contribution in [1.82, 2.24) is 9.66 Å². The standard InChI is InChI=1S/C18H15Cl2N3OS/c1-2-4-12-9-11-5-3-8-21-16(11)23(18(12)25)22-17(24)14-7-6-13(19)10-15(14)20/h3,5-10H,2,4H2,1H3,(H,22,24). The van der Waals surface area contributed by atoms with Crippen LogP contribution in [0.25, 0.3) is 11.0 Å². The van der Waals surface area contributed by atoms with Gasteiger partial charge in [-0.1, -0.05) is 48.8 Å². The van der Waals surface area contributed by atoms with Gasteiger partial charge in [-0.15, -0.1) is 0 Å². The topological polar surface area (TPSA) is 46.9 Å². The number of carbonyl (C=O) groups excluding carboxylic acids is 1. The van der Waals surface area contributed by atoms with E-state index in [1.165, 1.54) is 6.07 Å². The fourth-order valence-corrected chi connectivity index (χ4v) is 3.37. The number of nitrogens with zero attached hydrogens (tertiary/aromatic N) is 2. The van der Waals surface area contributed by atoms with Crippen molar-refractivity contribution in [3.8, 4) is 0 Å². The van der Waals surface area contributed by atoms with Crippen LogP contribution in [0.5, 0.6) is 0 Å². The summed E-state index contributed by atoms with van der Waals surface area (Å²) in [6.45, 7) is 2.08. The summed E-state index contributed by atoms with van der Waals surface area (Å²) >= 11 is 17.6. The highest BCUT2D eigenvalue weighted by atomic mass is 35.5. The number of aromatic nitrogens is 2. The molecule has 3 rings (SSSR count). The number of carbonyl (C=O) groups is 1. The minimum absolute atomic E-state index is 0.276. The van der Waals surface area contributed by atoms with Crippen molar-refractivity contribution in [1.29, 1.82) is 0 Å². The van der Waals surface area contributed by atoms with Gasteiger partial charge >= 0.3 is 0 Å². The summed E-state index contributed by atoms with van der Waals surface area (Å²) in [5.41, 5.74) is 4.70. The first-order valence-corrected chi connectivity index (χ1v) is 8.93. The monoisotopic (exact) mass is 391 g/mol. The average molecular weight is 392 g/mol. The highest BCUT2D eigenvalue weighted by Crippen LogP contribution is 2.22. The number of nitrogens with one attached hydrogen (secondary N) is 1. The number of halogens is 2. The number of amides is 1. The first-order valence-electron chi connectivity index (χ1n) is 7.77. The fraction of sp³-hybridized carbons (Fsp3) is 0.167. The molecule has 0 atom stereocenters. The van der Waals surface area contributed by atoms with Gasteiger partial charge in [-0.25, -0.2) is 9.66 Å². The molecule has 0 unspecified atom stereocenters. The molecule has 0 saturated heterocycles. The van der Waals surface area contributed by atoms with Crippen LogP contribution in [0.2, 0.25) is 10.0 Å². The van der Waals surface area contributed by atoms with Gasteiger partial charge in [0, 0.05) is 16.6 Å². The molecule has 0 bridgehead atoms. The predicted molar refractivity (Wildman–Crippen MR) is 105 cm³/mol. The van der Waals surface area contributed by atoms with Gasteiger partial charge in [0.25, 0.3) is 5.91 Å². The number of fused-ring (bicyclic) bond motifs is 1. The average Bonchev–Trinajstić information content (AvgIpc) is 2.58. The van der Waals surface area contributed by atoms with Crippen LogP contribution in [0.4, 0.5) is 0 Å². The molecule has 0 aliphatic heterocycles. The van der Waals surface area contributed by atoms with E-state index in [0.717, 1.165) is 23.8 Å². The summed E-state index contributed by atoms with van der Waals surface area (Å²) in [5, 5.41) is 1.65. The minimum atomic E-state index is -0.377. The SMILES string of the molecule is CCCc1cc2cccnc2n(NC(=O)c2ccc(Cl)cc2Cl)c1=S. The second-order valence-electron chi connectivity index (χ2n) is 5.54. The molecule has 1 N–H and O–H groups in total.